The van der Waals surface area contributed by atoms with E-state index >= 15 is 0 Å². The van der Waals surface area contributed by atoms with E-state index in [0.717, 1.165) is 15.0 Å². The Balaban J connectivity index is 2.10. The maximum atomic E-state index is 10.6. The van der Waals surface area contributed by atoms with Crippen LogP contribution in [0.5, 0.6) is 0 Å². The van der Waals surface area contributed by atoms with Crippen LogP contribution in [-0.4, -0.2) is 9.49 Å². The Kier molecular flexibility index (Phi) is 3.08. The van der Waals surface area contributed by atoms with Crippen molar-refractivity contribution in [3.63, 3.8) is 0 Å². The summed E-state index contributed by atoms with van der Waals surface area (Å²) >= 11 is 1.59. The lowest BCUT2D eigenvalue weighted by Gasteiger charge is -1.95. The zero-order valence-electron chi connectivity index (χ0n) is 10.7. The van der Waals surface area contributed by atoms with Crippen LogP contribution in [0, 0.1) is 10.1 Å². The number of hydrogen-bond donors (Lipinski definition) is 0. The lowest BCUT2D eigenvalue weighted by atomic mass is 10.3. The molecule has 0 spiro atoms. The van der Waals surface area contributed by atoms with Crippen LogP contribution < -0.4 is 4.80 Å². The standard InChI is InChI=1S/C14H11N3O2S/c1-16-12-4-2-3-5-13(12)20-14(16)15-10-6-8-11(9-7-10)17(18)19/h2-9H,1H3. The number of nitro groups is 1. The van der Waals surface area contributed by atoms with Crippen LogP contribution in [0.3, 0.4) is 0 Å². The van der Waals surface area contributed by atoms with E-state index in [1.165, 1.54) is 12.1 Å². The van der Waals surface area contributed by atoms with Crippen LogP contribution in [0.2, 0.25) is 0 Å². The minimum absolute atomic E-state index is 0.0738. The van der Waals surface area contributed by atoms with Crippen molar-refractivity contribution in [2.75, 3.05) is 0 Å². The molecule has 0 amide bonds. The SMILES string of the molecule is Cn1c(=Nc2ccc([N+](=O)[O-])cc2)sc2ccccc21. The fourth-order valence-electron chi connectivity index (χ4n) is 1.95. The quantitative estimate of drug-likeness (QED) is 0.535. The molecule has 0 radical (unpaired) electrons. The topological polar surface area (TPSA) is 60.4 Å². The molecule has 3 aromatic rings. The number of thiazole rings is 1. The fraction of sp³-hybridized carbons (Fsp3) is 0.0714. The monoisotopic (exact) mass is 285 g/mol. The lowest BCUT2D eigenvalue weighted by Crippen LogP contribution is -2.08. The molecule has 100 valence electrons. The number of aromatic nitrogens is 1. The molecule has 0 N–H and O–H groups in total. The Morgan fingerprint density at radius 3 is 2.50 bits per heavy atom. The Labute approximate surface area is 118 Å². The van der Waals surface area contributed by atoms with Crippen LogP contribution in [0.4, 0.5) is 11.4 Å². The van der Waals surface area contributed by atoms with E-state index in [0.29, 0.717) is 5.69 Å². The molecule has 2 aromatic carbocycles. The highest BCUT2D eigenvalue weighted by Crippen LogP contribution is 2.19. The van der Waals surface area contributed by atoms with Crippen LogP contribution in [-0.2, 0) is 7.05 Å². The molecule has 5 nitrogen and oxygen atoms in total. The van der Waals surface area contributed by atoms with Crippen LogP contribution in [0.1, 0.15) is 0 Å². The van der Waals surface area contributed by atoms with Gasteiger partial charge in [0.05, 0.1) is 20.8 Å². The van der Waals surface area contributed by atoms with Crippen molar-refractivity contribution in [1.29, 1.82) is 0 Å². The van der Waals surface area contributed by atoms with Crippen molar-refractivity contribution in [2.45, 2.75) is 0 Å². The van der Waals surface area contributed by atoms with Gasteiger partial charge in [0.1, 0.15) is 0 Å². The smallest absolute Gasteiger partial charge is 0.269 e. The van der Waals surface area contributed by atoms with Gasteiger partial charge in [-0.3, -0.25) is 10.1 Å². The first-order valence-corrected chi connectivity index (χ1v) is 6.80. The van der Waals surface area contributed by atoms with Gasteiger partial charge in [-0.05, 0) is 24.3 Å². The number of para-hydroxylation sites is 1. The van der Waals surface area contributed by atoms with E-state index in [1.54, 1.807) is 23.5 Å². The van der Waals surface area contributed by atoms with E-state index < -0.39 is 4.92 Å². The second-order valence-electron chi connectivity index (χ2n) is 4.30. The Morgan fingerprint density at radius 2 is 1.85 bits per heavy atom. The molecule has 0 aliphatic heterocycles. The van der Waals surface area contributed by atoms with Crippen molar-refractivity contribution < 1.29 is 4.92 Å². The van der Waals surface area contributed by atoms with Crippen LogP contribution >= 0.6 is 11.3 Å². The zero-order valence-corrected chi connectivity index (χ0v) is 11.5. The number of rotatable bonds is 2. The van der Waals surface area contributed by atoms with Crippen molar-refractivity contribution >= 4 is 32.9 Å². The fourth-order valence-corrected chi connectivity index (χ4v) is 2.99. The number of non-ortho nitro benzene ring substituents is 1. The summed E-state index contributed by atoms with van der Waals surface area (Å²) in [5.74, 6) is 0. The predicted octanol–water partition coefficient (Wildman–Crippen LogP) is 3.38. The zero-order chi connectivity index (χ0) is 14.1. The van der Waals surface area contributed by atoms with Gasteiger partial charge in [-0.15, -0.1) is 0 Å². The van der Waals surface area contributed by atoms with Crippen molar-refractivity contribution in [3.05, 3.63) is 63.4 Å². The molecule has 0 bridgehead atoms. The normalized spacial score (nSPS) is 11.9. The van der Waals surface area contributed by atoms with Crippen molar-refractivity contribution in [3.8, 4) is 0 Å². The maximum Gasteiger partial charge on any atom is 0.269 e. The molecular formula is C14H11N3O2S. The third-order valence-corrected chi connectivity index (χ3v) is 4.11. The molecule has 0 saturated carbocycles. The maximum absolute atomic E-state index is 10.6. The van der Waals surface area contributed by atoms with Crippen LogP contribution in [0.25, 0.3) is 10.2 Å². The average Bonchev–Trinajstić information content (AvgIpc) is 2.77. The van der Waals surface area contributed by atoms with Gasteiger partial charge >= 0.3 is 0 Å². The number of benzene rings is 2. The summed E-state index contributed by atoms with van der Waals surface area (Å²) < 4.78 is 3.18. The molecular weight excluding hydrogens is 274 g/mol. The predicted molar refractivity (Wildman–Crippen MR) is 79.1 cm³/mol. The van der Waals surface area contributed by atoms with Gasteiger partial charge in [-0.1, -0.05) is 23.5 Å². The summed E-state index contributed by atoms with van der Waals surface area (Å²) in [4.78, 5) is 15.6. The Bertz CT molecular complexity index is 847. The molecule has 0 saturated heterocycles. The summed E-state index contributed by atoms with van der Waals surface area (Å²) in [7, 11) is 1.96. The van der Waals surface area contributed by atoms with Gasteiger partial charge in [0.15, 0.2) is 4.80 Å². The number of aryl methyl sites for hydroxylation is 1. The van der Waals surface area contributed by atoms with Gasteiger partial charge in [0.25, 0.3) is 5.69 Å². The summed E-state index contributed by atoms with van der Waals surface area (Å²) in [6.07, 6.45) is 0. The highest BCUT2D eigenvalue weighted by molar-refractivity contribution is 7.16. The third kappa shape index (κ3) is 2.21. The molecule has 0 unspecified atom stereocenters. The second-order valence-corrected chi connectivity index (χ2v) is 5.31. The Morgan fingerprint density at radius 1 is 1.15 bits per heavy atom. The van der Waals surface area contributed by atoms with E-state index in [9.17, 15) is 10.1 Å². The first kappa shape index (κ1) is 12.6. The van der Waals surface area contributed by atoms with Crippen molar-refractivity contribution in [2.24, 2.45) is 12.0 Å². The highest BCUT2D eigenvalue weighted by atomic mass is 32.1. The van der Waals surface area contributed by atoms with Crippen molar-refractivity contribution in [1.82, 2.24) is 4.57 Å². The minimum atomic E-state index is -0.413. The molecule has 0 aliphatic rings. The molecule has 0 fully saturated rings. The molecule has 6 heteroatoms. The highest BCUT2D eigenvalue weighted by Gasteiger charge is 2.04. The minimum Gasteiger partial charge on any atom is -0.320 e. The molecule has 0 atom stereocenters. The number of fused-ring (bicyclic) bond motifs is 1. The molecule has 3 rings (SSSR count). The van der Waals surface area contributed by atoms with E-state index in [2.05, 4.69) is 11.1 Å². The average molecular weight is 285 g/mol. The number of nitro benzene ring substituents is 1. The van der Waals surface area contributed by atoms with Gasteiger partial charge in [-0.25, -0.2) is 4.99 Å². The van der Waals surface area contributed by atoms with E-state index in [1.807, 2.05) is 29.8 Å². The summed E-state index contributed by atoms with van der Waals surface area (Å²) in [6, 6.07) is 14.3. The molecule has 1 aromatic heterocycles. The molecule has 1 heterocycles. The second kappa shape index (κ2) is 4.90. The molecule has 20 heavy (non-hydrogen) atoms. The summed E-state index contributed by atoms with van der Waals surface area (Å²) in [5.41, 5.74) is 1.90. The third-order valence-electron chi connectivity index (χ3n) is 3.00. The van der Waals surface area contributed by atoms with Crippen LogP contribution in [0.15, 0.2) is 53.5 Å². The summed E-state index contributed by atoms with van der Waals surface area (Å²) in [6.45, 7) is 0. The number of nitrogens with zero attached hydrogens (tertiary/aromatic N) is 3. The van der Waals surface area contributed by atoms with Gasteiger partial charge in [0, 0.05) is 19.2 Å². The first-order valence-electron chi connectivity index (χ1n) is 5.99. The summed E-state index contributed by atoms with van der Waals surface area (Å²) in [5, 5.41) is 10.6. The van der Waals surface area contributed by atoms with E-state index in [4.69, 9.17) is 0 Å². The lowest BCUT2D eigenvalue weighted by molar-refractivity contribution is -0.384. The van der Waals surface area contributed by atoms with E-state index in [-0.39, 0.29) is 5.69 Å². The van der Waals surface area contributed by atoms with Gasteiger partial charge in [0.2, 0.25) is 0 Å². The largest absolute Gasteiger partial charge is 0.320 e. The first-order chi connectivity index (χ1) is 9.65. The molecule has 0 aliphatic carbocycles. The Hall–Kier alpha value is -2.47. The van der Waals surface area contributed by atoms with Gasteiger partial charge in [-0.2, -0.15) is 0 Å². The van der Waals surface area contributed by atoms with Gasteiger partial charge < -0.3 is 4.57 Å². The number of hydrogen-bond acceptors (Lipinski definition) is 4.